The lowest BCUT2D eigenvalue weighted by atomic mass is 10.00. The van der Waals surface area contributed by atoms with Crippen LogP contribution in [0, 0.1) is 6.92 Å². The summed E-state index contributed by atoms with van der Waals surface area (Å²) < 4.78 is 36.9. The predicted molar refractivity (Wildman–Crippen MR) is 80.0 cm³/mol. The number of rotatable bonds is 4. The summed E-state index contributed by atoms with van der Waals surface area (Å²) in [5.74, 6) is -0.398. The third-order valence-electron chi connectivity index (χ3n) is 3.97. The van der Waals surface area contributed by atoms with Crippen LogP contribution in [-0.4, -0.2) is 44.4 Å². The number of carbonyl (C=O) groups is 1. The van der Waals surface area contributed by atoms with Crippen LogP contribution in [-0.2, 0) is 14.8 Å². The maximum Gasteiger partial charge on any atom is 0.341 e. The molecular formula is C14H22N2O5S. The van der Waals surface area contributed by atoms with Gasteiger partial charge in [0.15, 0.2) is 0 Å². The molecule has 0 amide bonds. The number of nitrogens with two attached hydrogens (primary N) is 1. The first-order chi connectivity index (χ1) is 10.3. The lowest BCUT2D eigenvalue weighted by Crippen LogP contribution is -2.51. The fourth-order valence-corrected chi connectivity index (χ4v) is 4.52. The van der Waals surface area contributed by atoms with E-state index in [1.165, 1.54) is 24.4 Å². The molecule has 1 aliphatic heterocycles. The molecule has 2 rings (SSSR count). The first kappa shape index (κ1) is 17.0. The number of ether oxygens (including phenoxy) is 1. The monoisotopic (exact) mass is 330 g/mol. The Morgan fingerprint density at radius 3 is 2.77 bits per heavy atom. The summed E-state index contributed by atoms with van der Waals surface area (Å²) in [6.45, 7) is 3.73. The van der Waals surface area contributed by atoms with Gasteiger partial charge in [0.1, 0.15) is 11.3 Å². The van der Waals surface area contributed by atoms with Crippen LogP contribution in [0.2, 0.25) is 0 Å². The van der Waals surface area contributed by atoms with E-state index in [1.54, 1.807) is 6.92 Å². The highest BCUT2D eigenvalue weighted by atomic mass is 32.2. The molecule has 2 atom stereocenters. The second-order valence-corrected chi connectivity index (χ2v) is 7.39. The molecule has 1 aromatic rings. The first-order valence-electron chi connectivity index (χ1n) is 7.25. The van der Waals surface area contributed by atoms with Crippen molar-refractivity contribution in [3.8, 4) is 0 Å². The van der Waals surface area contributed by atoms with Crippen LogP contribution in [0.5, 0.6) is 0 Å². The number of furan rings is 1. The van der Waals surface area contributed by atoms with E-state index in [0.717, 1.165) is 19.3 Å². The van der Waals surface area contributed by atoms with Crippen molar-refractivity contribution in [2.75, 3.05) is 13.7 Å². The lowest BCUT2D eigenvalue weighted by Gasteiger charge is -2.36. The summed E-state index contributed by atoms with van der Waals surface area (Å²) in [6, 6.07) is 0.695. The minimum atomic E-state index is -3.82. The molecule has 1 aliphatic rings. The van der Waals surface area contributed by atoms with Crippen LogP contribution in [0.4, 0.5) is 0 Å². The Morgan fingerprint density at radius 1 is 1.50 bits per heavy atom. The quantitative estimate of drug-likeness (QED) is 0.834. The number of aryl methyl sites for hydroxylation is 1. The molecule has 124 valence electrons. The van der Waals surface area contributed by atoms with Crippen molar-refractivity contribution in [3.05, 3.63) is 17.4 Å². The molecule has 22 heavy (non-hydrogen) atoms. The largest absolute Gasteiger partial charge is 0.465 e. The number of methoxy groups -OCH3 is 1. The Kier molecular flexibility index (Phi) is 4.93. The minimum Gasteiger partial charge on any atom is -0.465 e. The standard InChI is InChI=1S/C14H22N2O5S/c1-9(15)12-6-4-5-7-16(12)22(18,19)13-8-11(10(2)21-13)14(17)20-3/h8-9,12H,4-7,15H2,1-3H3. The van der Waals surface area contributed by atoms with Gasteiger partial charge in [0.2, 0.25) is 5.09 Å². The summed E-state index contributed by atoms with van der Waals surface area (Å²) in [6.07, 6.45) is 2.45. The third-order valence-corrected chi connectivity index (χ3v) is 5.75. The van der Waals surface area contributed by atoms with Crippen LogP contribution in [0.15, 0.2) is 15.6 Å². The summed E-state index contributed by atoms with van der Waals surface area (Å²) in [4.78, 5) is 11.6. The fourth-order valence-electron chi connectivity index (χ4n) is 2.76. The summed E-state index contributed by atoms with van der Waals surface area (Å²) >= 11 is 0. The van der Waals surface area contributed by atoms with Gasteiger partial charge in [-0.3, -0.25) is 0 Å². The number of piperidine rings is 1. The van der Waals surface area contributed by atoms with E-state index in [4.69, 9.17) is 10.2 Å². The molecular weight excluding hydrogens is 308 g/mol. The van der Waals surface area contributed by atoms with Crippen molar-refractivity contribution in [1.29, 1.82) is 0 Å². The van der Waals surface area contributed by atoms with E-state index in [-0.39, 0.29) is 28.5 Å². The second kappa shape index (κ2) is 6.39. The van der Waals surface area contributed by atoms with Crippen molar-refractivity contribution in [2.45, 2.75) is 50.3 Å². The maximum absolute atomic E-state index is 12.8. The van der Waals surface area contributed by atoms with Crippen LogP contribution in [0.3, 0.4) is 0 Å². The van der Waals surface area contributed by atoms with Crippen molar-refractivity contribution in [3.63, 3.8) is 0 Å². The van der Waals surface area contributed by atoms with Gasteiger partial charge in [-0.1, -0.05) is 6.42 Å². The van der Waals surface area contributed by atoms with Crippen molar-refractivity contribution < 1.29 is 22.4 Å². The zero-order valence-electron chi connectivity index (χ0n) is 13.0. The lowest BCUT2D eigenvalue weighted by molar-refractivity contribution is 0.0598. The fraction of sp³-hybridized carbons (Fsp3) is 0.643. The van der Waals surface area contributed by atoms with Gasteiger partial charge in [0.25, 0.3) is 10.0 Å². The van der Waals surface area contributed by atoms with E-state index in [1.807, 2.05) is 0 Å². The summed E-state index contributed by atoms with van der Waals surface area (Å²) in [5.41, 5.74) is 6.05. The second-order valence-electron chi connectivity index (χ2n) is 5.56. The maximum atomic E-state index is 12.8. The Morgan fingerprint density at radius 2 is 2.18 bits per heavy atom. The zero-order chi connectivity index (χ0) is 16.5. The van der Waals surface area contributed by atoms with Crippen molar-refractivity contribution >= 4 is 16.0 Å². The molecule has 0 aromatic carbocycles. The van der Waals surface area contributed by atoms with Gasteiger partial charge >= 0.3 is 5.97 Å². The van der Waals surface area contributed by atoms with Crippen molar-refractivity contribution in [1.82, 2.24) is 4.31 Å². The number of carbonyl (C=O) groups excluding carboxylic acids is 1. The molecule has 2 unspecified atom stereocenters. The average molecular weight is 330 g/mol. The Balaban J connectivity index is 2.39. The molecule has 2 N–H and O–H groups in total. The SMILES string of the molecule is COC(=O)c1cc(S(=O)(=O)N2CCCCC2C(C)N)oc1C. The zero-order valence-corrected chi connectivity index (χ0v) is 13.9. The molecule has 0 spiro atoms. The van der Waals surface area contributed by atoms with E-state index in [0.29, 0.717) is 6.54 Å². The van der Waals surface area contributed by atoms with E-state index >= 15 is 0 Å². The molecule has 1 aromatic heterocycles. The van der Waals surface area contributed by atoms with Crippen molar-refractivity contribution in [2.24, 2.45) is 5.73 Å². The van der Waals surface area contributed by atoms with Gasteiger partial charge in [-0.05, 0) is 26.7 Å². The van der Waals surface area contributed by atoms with Gasteiger partial charge in [-0.15, -0.1) is 0 Å². The van der Waals surface area contributed by atoms with Gasteiger partial charge in [-0.25, -0.2) is 13.2 Å². The first-order valence-corrected chi connectivity index (χ1v) is 8.69. The number of hydrogen-bond donors (Lipinski definition) is 1. The van der Waals surface area contributed by atoms with Gasteiger partial charge in [-0.2, -0.15) is 4.31 Å². The molecule has 0 aliphatic carbocycles. The Labute approximate surface area is 130 Å². The van der Waals surface area contributed by atoms with Crippen LogP contribution in [0.25, 0.3) is 0 Å². The molecule has 0 radical (unpaired) electrons. The number of esters is 1. The molecule has 8 heteroatoms. The van der Waals surface area contributed by atoms with Crippen LogP contribution >= 0.6 is 0 Å². The van der Waals surface area contributed by atoms with Gasteiger partial charge in [0.05, 0.1) is 7.11 Å². The van der Waals surface area contributed by atoms with E-state index < -0.39 is 16.0 Å². The molecule has 1 fully saturated rings. The molecule has 7 nitrogen and oxygen atoms in total. The minimum absolute atomic E-state index is 0.121. The Hall–Kier alpha value is -1.38. The van der Waals surface area contributed by atoms with E-state index in [9.17, 15) is 13.2 Å². The number of nitrogens with zero attached hydrogens (tertiary/aromatic N) is 1. The molecule has 1 saturated heterocycles. The van der Waals surface area contributed by atoms with Crippen LogP contribution in [0.1, 0.15) is 42.3 Å². The molecule has 0 bridgehead atoms. The van der Waals surface area contributed by atoms with E-state index in [2.05, 4.69) is 4.74 Å². The molecule has 0 saturated carbocycles. The number of sulfonamides is 1. The highest BCUT2D eigenvalue weighted by Gasteiger charge is 2.38. The Bertz CT molecular complexity index is 650. The van der Waals surface area contributed by atoms with Gasteiger partial charge < -0.3 is 14.9 Å². The smallest absolute Gasteiger partial charge is 0.341 e. The highest BCUT2D eigenvalue weighted by Crippen LogP contribution is 2.29. The summed E-state index contributed by atoms with van der Waals surface area (Å²) in [5, 5.41) is -0.238. The average Bonchev–Trinajstić information content (AvgIpc) is 2.89. The molecule has 2 heterocycles. The summed E-state index contributed by atoms with van der Waals surface area (Å²) in [7, 11) is -2.58. The van der Waals surface area contributed by atoms with Crippen LogP contribution < -0.4 is 5.73 Å². The van der Waals surface area contributed by atoms with Gasteiger partial charge in [0, 0.05) is 24.7 Å². The normalized spacial score (nSPS) is 21.5. The third kappa shape index (κ3) is 3.04. The predicted octanol–water partition coefficient (Wildman–Crippen LogP) is 1.27. The topological polar surface area (TPSA) is 103 Å². The highest BCUT2D eigenvalue weighted by molar-refractivity contribution is 7.89. The number of hydrogen-bond acceptors (Lipinski definition) is 6.